The quantitative estimate of drug-likeness (QED) is 0.850. The van der Waals surface area contributed by atoms with Gasteiger partial charge in [0.15, 0.2) is 0 Å². The van der Waals surface area contributed by atoms with Crippen molar-refractivity contribution in [3.8, 4) is 11.5 Å². The van der Waals surface area contributed by atoms with Crippen LogP contribution in [-0.4, -0.2) is 27.3 Å². The average molecular weight is 286 g/mol. The van der Waals surface area contributed by atoms with Crippen molar-refractivity contribution in [2.45, 2.75) is 6.54 Å². The Bertz CT molecular complexity index is 572. The highest BCUT2D eigenvalue weighted by molar-refractivity contribution is 5.50. The number of anilines is 1. The van der Waals surface area contributed by atoms with E-state index in [4.69, 9.17) is 15.2 Å². The van der Waals surface area contributed by atoms with Gasteiger partial charge in [-0.05, 0) is 18.2 Å². The van der Waals surface area contributed by atoms with Crippen molar-refractivity contribution in [3.63, 3.8) is 0 Å². The summed E-state index contributed by atoms with van der Waals surface area (Å²) >= 11 is 0. The van der Waals surface area contributed by atoms with Crippen molar-refractivity contribution in [2.24, 2.45) is 5.73 Å². The number of likely N-dealkylation sites (N-methyl/N-ethyl adjacent to an activating group) is 1. The van der Waals surface area contributed by atoms with E-state index in [0.717, 1.165) is 29.3 Å². The predicted octanol–water partition coefficient (Wildman–Crippen LogP) is 2.67. The lowest BCUT2D eigenvalue weighted by atomic mass is 10.2. The molecule has 21 heavy (non-hydrogen) atoms. The van der Waals surface area contributed by atoms with Crippen LogP contribution in [0.15, 0.2) is 48.5 Å². The van der Waals surface area contributed by atoms with E-state index in [1.54, 1.807) is 7.11 Å². The molecule has 0 aliphatic rings. The van der Waals surface area contributed by atoms with Gasteiger partial charge in [-0.1, -0.05) is 24.3 Å². The minimum absolute atomic E-state index is 0.488. The average Bonchev–Trinajstić information content (AvgIpc) is 2.55. The van der Waals surface area contributed by atoms with E-state index in [-0.39, 0.29) is 0 Å². The minimum Gasteiger partial charge on any atom is -0.497 e. The van der Waals surface area contributed by atoms with Crippen molar-refractivity contribution in [2.75, 3.05) is 32.2 Å². The Morgan fingerprint density at radius 2 is 1.90 bits per heavy atom. The maximum absolute atomic E-state index is 5.82. The first-order chi connectivity index (χ1) is 10.2. The molecule has 0 radical (unpaired) electrons. The first-order valence-corrected chi connectivity index (χ1v) is 7.00. The molecule has 0 aliphatic carbocycles. The third-order valence-electron chi connectivity index (χ3n) is 3.37. The molecule has 4 nitrogen and oxygen atoms in total. The second-order valence-corrected chi connectivity index (χ2v) is 4.78. The molecule has 2 aromatic rings. The van der Waals surface area contributed by atoms with Gasteiger partial charge in [0.05, 0.1) is 13.7 Å². The fourth-order valence-electron chi connectivity index (χ4n) is 2.08. The Labute approximate surface area is 126 Å². The smallest absolute Gasteiger partial charge is 0.123 e. The van der Waals surface area contributed by atoms with Gasteiger partial charge in [-0.15, -0.1) is 0 Å². The summed E-state index contributed by atoms with van der Waals surface area (Å²) in [6.45, 7) is 1.87. The van der Waals surface area contributed by atoms with Crippen LogP contribution < -0.4 is 20.1 Å². The summed E-state index contributed by atoms with van der Waals surface area (Å²) in [5, 5.41) is 0. The molecule has 0 heterocycles. The molecule has 0 saturated heterocycles. The van der Waals surface area contributed by atoms with E-state index in [1.807, 2.05) is 49.5 Å². The van der Waals surface area contributed by atoms with Crippen molar-refractivity contribution >= 4 is 5.69 Å². The van der Waals surface area contributed by atoms with E-state index >= 15 is 0 Å². The molecular formula is C17H22N2O2. The number of nitrogens with two attached hydrogens (primary N) is 1. The lowest BCUT2D eigenvalue weighted by Gasteiger charge is -2.20. The van der Waals surface area contributed by atoms with Crippen LogP contribution in [-0.2, 0) is 6.54 Å². The molecule has 0 fully saturated rings. The molecule has 0 aromatic heterocycles. The van der Waals surface area contributed by atoms with Crippen LogP contribution in [0, 0.1) is 0 Å². The topological polar surface area (TPSA) is 47.7 Å². The van der Waals surface area contributed by atoms with Gasteiger partial charge in [0, 0.05) is 30.9 Å². The molecule has 0 atom stereocenters. The molecule has 2 rings (SSSR count). The lowest BCUT2D eigenvalue weighted by Crippen LogP contribution is -2.24. The van der Waals surface area contributed by atoms with Gasteiger partial charge in [0.2, 0.25) is 0 Å². The van der Waals surface area contributed by atoms with Gasteiger partial charge in [0.1, 0.15) is 18.1 Å². The van der Waals surface area contributed by atoms with Crippen LogP contribution in [0.1, 0.15) is 5.56 Å². The number of methoxy groups -OCH3 is 1. The third-order valence-corrected chi connectivity index (χ3v) is 3.37. The molecule has 0 spiro atoms. The van der Waals surface area contributed by atoms with Gasteiger partial charge in [-0.25, -0.2) is 0 Å². The molecule has 2 aromatic carbocycles. The highest BCUT2D eigenvalue weighted by atomic mass is 16.5. The van der Waals surface area contributed by atoms with E-state index in [2.05, 4.69) is 11.0 Å². The first-order valence-electron chi connectivity index (χ1n) is 7.00. The van der Waals surface area contributed by atoms with Gasteiger partial charge >= 0.3 is 0 Å². The summed E-state index contributed by atoms with van der Waals surface area (Å²) in [4.78, 5) is 2.13. The van der Waals surface area contributed by atoms with Gasteiger partial charge in [-0.3, -0.25) is 0 Å². The van der Waals surface area contributed by atoms with E-state index in [0.29, 0.717) is 13.2 Å². The molecule has 112 valence electrons. The van der Waals surface area contributed by atoms with Crippen LogP contribution in [0.2, 0.25) is 0 Å². The zero-order valence-electron chi connectivity index (χ0n) is 12.6. The Hall–Kier alpha value is -2.20. The standard InChI is InChI=1S/C17H22N2O2/c1-19(15-7-5-8-16(12-15)20-2)10-11-21-17-9-4-3-6-14(17)13-18/h3-9,12H,10-11,13,18H2,1-2H3. The number of rotatable bonds is 7. The Kier molecular flexibility index (Phi) is 5.46. The van der Waals surface area contributed by atoms with Gasteiger partial charge in [-0.2, -0.15) is 0 Å². The van der Waals surface area contributed by atoms with E-state index in [9.17, 15) is 0 Å². The number of hydrogen-bond acceptors (Lipinski definition) is 4. The van der Waals surface area contributed by atoms with Crippen LogP contribution in [0.5, 0.6) is 11.5 Å². The predicted molar refractivity (Wildman–Crippen MR) is 86.1 cm³/mol. The largest absolute Gasteiger partial charge is 0.497 e. The summed E-state index contributed by atoms with van der Waals surface area (Å²) in [6, 6.07) is 15.8. The number of hydrogen-bond donors (Lipinski definition) is 1. The summed E-state index contributed by atoms with van der Waals surface area (Å²) < 4.78 is 11.1. The number of benzene rings is 2. The van der Waals surface area contributed by atoms with Gasteiger partial charge in [0.25, 0.3) is 0 Å². The maximum atomic E-state index is 5.82. The SMILES string of the molecule is COc1cccc(N(C)CCOc2ccccc2CN)c1. The molecular weight excluding hydrogens is 264 g/mol. The summed E-state index contributed by atoms with van der Waals surface area (Å²) in [5.74, 6) is 1.72. The summed E-state index contributed by atoms with van der Waals surface area (Å²) in [6.07, 6.45) is 0. The van der Waals surface area contributed by atoms with Crippen molar-refractivity contribution < 1.29 is 9.47 Å². The zero-order chi connectivity index (χ0) is 15.1. The van der Waals surface area contributed by atoms with E-state index < -0.39 is 0 Å². The van der Waals surface area contributed by atoms with Crippen molar-refractivity contribution in [1.29, 1.82) is 0 Å². The summed E-state index contributed by atoms with van der Waals surface area (Å²) in [5.41, 5.74) is 7.83. The van der Waals surface area contributed by atoms with Crippen LogP contribution in [0.25, 0.3) is 0 Å². The van der Waals surface area contributed by atoms with Crippen LogP contribution in [0.3, 0.4) is 0 Å². The minimum atomic E-state index is 0.488. The molecule has 2 N–H and O–H groups in total. The second kappa shape index (κ2) is 7.55. The normalized spacial score (nSPS) is 10.2. The molecule has 0 amide bonds. The number of nitrogens with zero attached hydrogens (tertiary/aromatic N) is 1. The molecule has 0 unspecified atom stereocenters. The fourth-order valence-corrected chi connectivity index (χ4v) is 2.08. The summed E-state index contributed by atoms with van der Waals surface area (Å²) in [7, 11) is 3.71. The van der Waals surface area contributed by atoms with E-state index in [1.165, 1.54) is 0 Å². The van der Waals surface area contributed by atoms with Crippen molar-refractivity contribution in [1.82, 2.24) is 0 Å². The highest BCUT2D eigenvalue weighted by Gasteiger charge is 2.04. The Morgan fingerprint density at radius 3 is 2.67 bits per heavy atom. The maximum Gasteiger partial charge on any atom is 0.123 e. The first kappa shape index (κ1) is 15.2. The van der Waals surface area contributed by atoms with Crippen LogP contribution in [0.4, 0.5) is 5.69 Å². The molecule has 0 saturated carbocycles. The zero-order valence-corrected chi connectivity index (χ0v) is 12.6. The van der Waals surface area contributed by atoms with Crippen molar-refractivity contribution in [3.05, 3.63) is 54.1 Å². The fraction of sp³-hybridized carbons (Fsp3) is 0.294. The Balaban J connectivity index is 1.90. The van der Waals surface area contributed by atoms with Gasteiger partial charge < -0.3 is 20.1 Å². The third kappa shape index (κ3) is 4.13. The molecule has 0 bridgehead atoms. The number of para-hydroxylation sites is 1. The lowest BCUT2D eigenvalue weighted by molar-refractivity contribution is 0.322. The monoisotopic (exact) mass is 286 g/mol. The highest BCUT2D eigenvalue weighted by Crippen LogP contribution is 2.20. The molecule has 4 heteroatoms. The Morgan fingerprint density at radius 1 is 1.10 bits per heavy atom. The second-order valence-electron chi connectivity index (χ2n) is 4.78. The molecule has 0 aliphatic heterocycles. The van der Waals surface area contributed by atoms with Crippen LogP contribution >= 0.6 is 0 Å². The number of ether oxygens (including phenoxy) is 2.